The molecular weight excluding hydrogens is 438 g/mol. The fraction of sp³-hybridized carbons (Fsp3) is 0.391. The zero-order valence-electron chi connectivity index (χ0n) is 18.5. The molecule has 4 heterocycles. The first-order valence-corrected chi connectivity index (χ1v) is 12.3. The number of nitrogens with one attached hydrogen (secondary N) is 2. The van der Waals surface area contributed by atoms with Gasteiger partial charge in [-0.05, 0) is 38.0 Å². The fourth-order valence-corrected chi connectivity index (χ4v) is 5.28. The highest BCUT2D eigenvalue weighted by Gasteiger charge is 2.26. The molecular formula is C23H27N7O2S. The number of carbonyl (C=O) groups is 1. The maximum Gasteiger partial charge on any atom is 0.317 e. The minimum Gasteiger partial charge on any atom is -0.508 e. The monoisotopic (exact) mass is 465 g/mol. The minimum atomic E-state index is 0.00105. The summed E-state index contributed by atoms with van der Waals surface area (Å²) < 4.78 is 2.20. The molecule has 0 aliphatic carbocycles. The number of benzene rings is 1. The number of hydrogen-bond acceptors (Lipinski definition) is 7. The van der Waals surface area contributed by atoms with Crippen molar-refractivity contribution >= 4 is 23.7 Å². The van der Waals surface area contributed by atoms with Crippen molar-refractivity contribution < 1.29 is 9.90 Å². The summed E-state index contributed by atoms with van der Waals surface area (Å²) in [6, 6.07) is 9.29. The molecule has 1 fully saturated rings. The number of aromatic nitrogens is 4. The molecule has 33 heavy (non-hydrogen) atoms. The molecule has 0 unspecified atom stereocenters. The molecule has 3 aromatic rings. The third kappa shape index (κ3) is 4.47. The van der Waals surface area contributed by atoms with Crippen LogP contribution in [0.4, 0.5) is 10.7 Å². The van der Waals surface area contributed by atoms with Gasteiger partial charge in [0.15, 0.2) is 5.16 Å². The number of piperidine rings is 1. The standard InChI is InChI=1S/C23H27N7O2S/c1-2-24-22(32)29-10-7-16(8-11-29)26-21-25-9-6-18(27-21)20-19(15-4-3-5-17(31)14-15)28-23-30(20)12-13-33-23/h3-6,9,14,16,31H,2,7-8,10-13H2,1H3,(H,24,32)(H,25,26,27). The zero-order valence-corrected chi connectivity index (χ0v) is 19.3. The van der Waals surface area contributed by atoms with Crippen LogP contribution in [-0.2, 0) is 6.54 Å². The van der Waals surface area contributed by atoms with E-state index in [9.17, 15) is 9.90 Å². The summed E-state index contributed by atoms with van der Waals surface area (Å²) in [5.74, 6) is 1.77. The van der Waals surface area contributed by atoms with Crippen molar-refractivity contribution in [1.29, 1.82) is 0 Å². The lowest BCUT2D eigenvalue weighted by atomic mass is 10.1. The van der Waals surface area contributed by atoms with Crippen LogP contribution in [0.15, 0.2) is 41.7 Å². The second-order valence-corrected chi connectivity index (χ2v) is 9.21. The highest BCUT2D eigenvalue weighted by atomic mass is 32.2. The first-order chi connectivity index (χ1) is 16.1. The molecule has 0 radical (unpaired) electrons. The summed E-state index contributed by atoms with van der Waals surface area (Å²) in [4.78, 5) is 28.0. The van der Waals surface area contributed by atoms with Crippen molar-refractivity contribution in [2.24, 2.45) is 0 Å². The van der Waals surface area contributed by atoms with Crippen LogP contribution in [0.1, 0.15) is 19.8 Å². The van der Waals surface area contributed by atoms with Crippen molar-refractivity contribution in [2.45, 2.75) is 37.5 Å². The minimum absolute atomic E-state index is 0.00105. The summed E-state index contributed by atoms with van der Waals surface area (Å²) >= 11 is 1.73. The molecule has 1 saturated heterocycles. The van der Waals surface area contributed by atoms with Gasteiger partial charge in [0.2, 0.25) is 5.95 Å². The molecule has 10 heteroatoms. The Labute approximate surface area is 196 Å². The van der Waals surface area contributed by atoms with Crippen molar-refractivity contribution in [3.05, 3.63) is 36.5 Å². The second-order valence-electron chi connectivity index (χ2n) is 8.15. The fourth-order valence-electron chi connectivity index (χ4n) is 4.32. The Bertz CT molecular complexity index is 1160. The average molecular weight is 466 g/mol. The Hall–Kier alpha value is -3.27. The summed E-state index contributed by atoms with van der Waals surface area (Å²) in [5.41, 5.74) is 3.41. The number of nitrogens with zero attached hydrogens (tertiary/aromatic N) is 5. The van der Waals surface area contributed by atoms with E-state index in [-0.39, 0.29) is 17.8 Å². The van der Waals surface area contributed by atoms with Gasteiger partial charge in [-0.2, -0.15) is 0 Å². The van der Waals surface area contributed by atoms with Gasteiger partial charge in [0, 0.05) is 49.7 Å². The van der Waals surface area contributed by atoms with Gasteiger partial charge in [-0.15, -0.1) is 0 Å². The van der Waals surface area contributed by atoms with Gasteiger partial charge in [-0.25, -0.2) is 19.7 Å². The number of aromatic hydroxyl groups is 1. The largest absolute Gasteiger partial charge is 0.508 e. The lowest BCUT2D eigenvalue weighted by Gasteiger charge is -2.32. The maximum absolute atomic E-state index is 12.0. The molecule has 0 bridgehead atoms. The van der Waals surface area contributed by atoms with E-state index in [0.717, 1.165) is 52.9 Å². The first kappa shape index (κ1) is 21.6. The Morgan fingerprint density at radius 2 is 2.06 bits per heavy atom. The molecule has 0 saturated carbocycles. The number of likely N-dealkylation sites (tertiary alicyclic amines) is 1. The summed E-state index contributed by atoms with van der Waals surface area (Å²) in [5, 5.41) is 17.3. The molecule has 2 amide bonds. The molecule has 172 valence electrons. The highest BCUT2D eigenvalue weighted by Crippen LogP contribution is 2.39. The number of hydrogen-bond donors (Lipinski definition) is 3. The molecule has 2 aliphatic heterocycles. The van der Waals surface area contributed by atoms with Gasteiger partial charge in [-0.3, -0.25) is 0 Å². The molecule has 0 spiro atoms. The van der Waals surface area contributed by atoms with E-state index in [1.54, 1.807) is 30.1 Å². The second kappa shape index (κ2) is 9.30. The van der Waals surface area contributed by atoms with Crippen molar-refractivity contribution in [3.63, 3.8) is 0 Å². The number of anilines is 1. The van der Waals surface area contributed by atoms with Gasteiger partial charge in [0.1, 0.15) is 5.75 Å². The first-order valence-electron chi connectivity index (χ1n) is 11.3. The summed E-state index contributed by atoms with van der Waals surface area (Å²) in [7, 11) is 0. The number of phenols is 1. The van der Waals surface area contributed by atoms with Crippen LogP contribution in [0.25, 0.3) is 22.6 Å². The summed E-state index contributed by atoms with van der Waals surface area (Å²) in [6.45, 7) is 4.85. The topological polar surface area (TPSA) is 108 Å². The van der Waals surface area contributed by atoms with Crippen LogP contribution in [0.5, 0.6) is 5.75 Å². The molecule has 2 aromatic heterocycles. The van der Waals surface area contributed by atoms with E-state index >= 15 is 0 Å². The molecule has 1 aromatic carbocycles. The van der Waals surface area contributed by atoms with Crippen LogP contribution in [-0.4, -0.2) is 67.0 Å². The van der Waals surface area contributed by atoms with Crippen molar-refractivity contribution in [3.8, 4) is 28.4 Å². The summed E-state index contributed by atoms with van der Waals surface area (Å²) in [6.07, 6.45) is 3.46. The number of amides is 2. The van der Waals surface area contributed by atoms with Crippen LogP contribution in [0.3, 0.4) is 0 Å². The number of rotatable bonds is 5. The maximum atomic E-state index is 12.0. The van der Waals surface area contributed by atoms with Gasteiger partial charge in [0.05, 0.1) is 17.1 Å². The number of phenolic OH excluding ortho intramolecular Hbond substituents is 1. The van der Waals surface area contributed by atoms with E-state index in [4.69, 9.17) is 9.97 Å². The SMILES string of the molecule is CCNC(=O)N1CCC(Nc2nccc(-c3c(-c4cccc(O)c4)nc4n3CCS4)n2)CC1. The number of carbonyl (C=O) groups excluding carboxylic acids is 1. The number of thioether (sulfide) groups is 1. The molecule has 0 atom stereocenters. The predicted octanol–water partition coefficient (Wildman–Crippen LogP) is 3.42. The number of fused-ring (bicyclic) bond motifs is 1. The lowest BCUT2D eigenvalue weighted by Crippen LogP contribution is -2.46. The van der Waals surface area contributed by atoms with E-state index in [2.05, 4.69) is 20.2 Å². The quantitative estimate of drug-likeness (QED) is 0.530. The number of urea groups is 1. The molecule has 9 nitrogen and oxygen atoms in total. The van der Waals surface area contributed by atoms with E-state index in [1.165, 1.54) is 0 Å². The molecule has 5 rings (SSSR count). The van der Waals surface area contributed by atoms with Gasteiger partial charge in [-0.1, -0.05) is 23.9 Å². The van der Waals surface area contributed by atoms with Gasteiger partial charge >= 0.3 is 6.03 Å². The third-order valence-corrected chi connectivity index (χ3v) is 6.90. The third-order valence-electron chi connectivity index (χ3n) is 5.94. The van der Waals surface area contributed by atoms with Crippen LogP contribution in [0, 0.1) is 0 Å². The molecule has 2 aliphatic rings. The predicted molar refractivity (Wildman–Crippen MR) is 128 cm³/mol. The Kier molecular flexibility index (Phi) is 6.08. The van der Waals surface area contributed by atoms with E-state index in [0.29, 0.717) is 25.6 Å². The van der Waals surface area contributed by atoms with Crippen molar-refractivity contribution in [2.75, 3.05) is 30.7 Å². The number of imidazole rings is 1. The molecule has 3 N–H and O–H groups in total. The zero-order chi connectivity index (χ0) is 22.8. The highest BCUT2D eigenvalue weighted by molar-refractivity contribution is 7.99. The Morgan fingerprint density at radius 1 is 1.21 bits per heavy atom. The smallest absolute Gasteiger partial charge is 0.317 e. The van der Waals surface area contributed by atoms with Gasteiger partial charge < -0.3 is 25.2 Å². The average Bonchev–Trinajstić information content (AvgIpc) is 3.41. The van der Waals surface area contributed by atoms with Crippen LogP contribution < -0.4 is 10.6 Å². The van der Waals surface area contributed by atoms with Crippen molar-refractivity contribution in [1.82, 2.24) is 29.7 Å². The normalized spacial score (nSPS) is 16.0. The van der Waals surface area contributed by atoms with Crippen LogP contribution in [0.2, 0.25) is 0 Å². The lowest BCUT2D eigenvalue weighted by molar-refractivity contribution is 0.184. The van der Waals surface area contributed by atoms with Crippen LogP contribution >= 0.6 is 11.8 Å². The Balaban J connectivity index is 1.38. The van der Waals surface area contributed by atoms with E-state index < -0.39 is 0 Å². The van der Waals surface area contributed by atoms with Gasteiger partial charge in [0.25, 0.3) is 0 Å². The van der Waals surface area contributed by atoms with E-state index in [1.807, 2.05) is 30.0 Å². The Morgan fingerprint density at radius 3 is 2.85 bits per heavy atom.